The Morgan fingerprint density at radius 1 is 0.333 bits per heavy atom. The highest BCUT2D eigenvalue weighted by molar-refractivity contribution is 5.70. The van der Waals surface area contributed by atoms with E-state index in [9.17, 15) is 19.5 Å². The maximum atomic E-state index is 12.7. The highest BCUT2D eigenvalue weighted by atomic mass is 16.5. The Bertz CT molecular complexity index is 834. The summed E-state index contributed by atoms with van der Waals surface area (Å²) >= 11 is 0. The summed E-state index contributed by atoms with van der Waals surface area (Å²) in [5, 5.41) is 9.50. The minimum atomic E-state index is -0.182. The minimum Gasteiger partial charge on any atom is -0.466 e. The van der Waals surface area contributed by atoms with Gasteiger partial charge in [0.15, 0.2) is 0 Å². The Balaban J connectivity index is 4.66. The monoisotopic (exact) mass is 811 g/mol. The third-order valence-electron chi connectivity index (χ3n) is 11.0. The van der Waals surface area contributed by atoms with Crippen LogP contribution in [0, 0.1) is 0 Å². The second-order valence-corrected chi connectivity index (χ2v) is 16.5. The summed E-state index contributed by atoms with van der Waals surface area (Å²) in [7, 11) is 0. The molecule has 0 spiro atoms. The normalized spacial score (nSPS) is 11.5. The summed E-state index contributed by atoms with van der Waals surface area (Å²) in [5.41, 5.74) is 0. The molecule has 0 aliphatic rings. The second-order valence-electron chi connectivity index (χ2n) is 16.5. The number of rotatable bonds is 46. The van der Waals surface area contributed by atoms with Crippen LogP contribution in [0.2, 0.25) is 0 Å². The quantitative estimate of drug-likeness (QED) is 0.0365. The first-order chi connectivity index (χ1) is 28.0. The van der Waals surface area contributed by atoms with E-state index in [1.165, 1.54) is 135 Å². The predicted molar refractivity (Wildman–Crippen MR) is 238 cm³/mol. The maximum Gasteiger partial charge on any atom is 0.307 e. The zero-order valence-electron chi connectivity index (χ0n) is 38.0. The summed E-state index contributed by atoms with van der Waals surface area (Å²) < 4.78 is 16.7. The molecule has 0 aromatic rings. The SMILES string of the molecule is CCCCCCCCCCCOC(=O)CCN(CCCO)CCCN(CCC(=O)OCCCCCCCCCCC)CCC(=O)OCCCCCCCCCCC. The molecule has 338 valence electrons. The van der Waals surface area contributed by atoms with E-state index in [1.54, 1.807) is 0 Å². The Labute approximate surface area is 352 Å². The van der Waals surface area contributed by atoms with Crippen molar-refractivity contribution in [2.24, 2.45) is 0 Å². The fraction of sp³-hybridized carbons (Fsp3) is 0.938. The van der Waals surface area contributed by atoms with Crippen LogP contribution in [-0.4, -0.2) is 98.5 Å². The van der Waals surface area contributed by atoms with Gasteiger partial charge < -0.3 is 29.1 Å². The number of carbonyl (C=O) groups is 3. The summed E-state index contributed by atoms with van der Waals surface area (Å²) in [6, 6.07) is 0. The predicted octanol–water partition coefficient (Wildman–Crippen LogP) is 11.8. The van der Waals surface area contributed by atoms with Gasteiger partial charge in [-0.1, -0.05) is 175 Å². The van der Waals surface area contributed by atoms with Gasteiger partial charge in [-0.2, -0.15) is 0 Å². The number of carbonyl (C=O) groups excluding carboxylic acids is 3. The first-order valence-corrected chi connectivity index (χ1v) is 24.5. The molecule has 9 nitrogen and oxygen atoms in total. The smallest absolute Gasteiger partial charge is 0.307 e. The number of hydrogen-bond acceptors (Lipinski definition) is 9. The lowest BCUT2D eigenvalue weighted by Gasteiger charge is -2.25. The molecule has 0 amide bonds. The van der Waals surface area contributed by atoms with Crippen molar-refractivity contribution in [1.29, 1.82) is 0 Å². The van der Waals surface area contributed by atoms with Gasteiger partial charge in [0.1, 0.15) is 0 Å². The number of ether oxygens (including phenoxy) is 3. The molecule has 0 saturated carbocycles. The number of unbranched alkanes of at least 4 members (excludes halogenated alkanes) is 24. The molecule has 0 aliphatic carbocycles. The van der Waals surface area contributed by atoms with E-state index in [-0.39, 0.29) is 24.5 Å². The molecule has 0 unspecified atom stereocenters. The fourth-order valence-electron chi connectivity index (χ4n) is 7.24. The molecule has 0 rings (SSSR count). The Kier molecular flexibility index (Phi) is 44.0. The Morgan fingerprint density at radius 3 is 0.860 bits per heavy atom. The van der Waals surface area contributed by atoms with E-state index in [4.69, 9.17) is 14.2 Å². The molecule has 1 N–H and O–H groups in total. The lowest BCUT2D eigenvalue weighted by atomic mass is 10.1. The molecule has 0 aliphatic heterocycles. The van der Waals surface area contributed by atoms with Gasteiger partial charge in [0.05, 0.1) is 39.1 Å². The standard InChI is InChI=1S/C48H94N2O7/c1-4-7-10-13-16-19-22-25-28-43-55-46(52)33-39-49(38-32-42-51)36-31-37-50(40-34-47(53)56-44-29-26-23-20-17-14-11-8-5-2)41-35-48(54)57-45-30-27-24-21-18-15-12-9-6-3/h51H,4-45H2,1-3H3. The van der Waals surface area contributed by atoms with Crippen LogP contribution in [0.15, 0.2) is 0 Å². The summed E-state index contributed by atoms with van der Waals surface area (Å²) in [5.74, 6) is -0.525. The molecular formula is C48H94N2O7. The Morgan fingerprint density at radius 2 is 0.579 bits per heavy atom. The third kappa shape index (κ3) is 42.2. The van der Waals surface area contributed by atoms with E-state index in [1.807, 2.05) is 0 Å². The molecule has 0 aromatic carbocycles. The van der Waals surface area contributed by atoms with Crippen molar-refractivity contribution in [2.75, 3.05) is 65.7 Å². The number of aliphatic hydroxyl groups excluding tert-OH is 1. The van der Waals surface area contributed by atoms with Gasteiger partial charge in [-0.25, -0.2) is 0 Å². The molecule has 0 heterocycles. The first kappa shape index (κ1) is 55.3. The molecule has 0 radical (unpaired) electrons. The first-order valence-electron chi connectivity index (χ1n) is 24.5. The average Bonchev–Trinajstić information content (AvgIpc) is 3.21. The van der Waals surface area contributed by atoms with Crippen LogP contribution in [0.4, 0.5) is 0 Å². The molecule has 0 saturated heterocycles. The van der Waals surface area contributed by atoms with Crippen molar-refractivity contribution in [2.45, 2.75) is 226 Å². The van der Waals surface area contributed by atoms with Crippen LogP contribution >= 0.6 is 0 Å². The van der Waals surface area contributed by atoms with Crippen LogP contribution < -0.4 is 0 Å². The molecular weight excluding hydrogens is 717 g/mol. The number of aliphatic hydroxyl groups is 1. The second kappa shape index (κ2) is 45.4. The lowest BCUT2D eigenvalue weighted by molar-refractivity contribution is -0.145. The molecule has 0 fully saturated rings. The summed E-state index contributed by atoms with van der Waals surface area (Å²) in [6.07, 6.45) is 35.5. The van der Waals surface area contributed by atoms with Crippen LogP contribution in [0.1, 0.15) is 226 Å². The van der Waals surface area contributed by atoms with E-state index >= 15 is 0 Å². The van der Waals surface area contributed by atoms with Crippen LogP contribution in [-0.2, 0) is 28.6 Å². The van der Waals surface area contributed by atoms with Crippen molar-refractivity contribution in [3.8, 4) is 0 Å². The molecule has 9 heteroatoms. The molecule has 57 heavy (non-hydrogen) atoms. The van der Waals surface area contributed by atoms with E-state index in [0.717, 1.165) is 58.0 Å². The van der Waals surface area contributed by atoms with Gasteiger partial charge in [0.25, 0.3) is 0 Å². The molecule has 0 atom stereocenters. The van der Waals surface area contributed by atoms with Gasteiger partial charge in [-0.15, -0.1) is 0 Å². The van der Waals surface area contributed by atoms with Crippen molar-refractivity contribution in [1.82, 2.24) is 9.80 Å². The number of hydrogen-bond donors (Lipinski definition) is 1. The third-order valence-corrected chi connectivity index (χ3v) is 11.0. The van der Waals surface area contributed by atoms with Crippen molar-refractivity contribution >= 4 is 17.9 Å². The summed E-state index contributed by atoms with van der Waals surface area (Å²) in [6.45, 7) is 12.1. The maximum absolute atomic E-state index is 12.7. The van der Waals surface area contributed by atoms with Crippen LogP contribution in [0.25, 0.3) is 0 Å². The fourth-order valence-corrected chi connectivity index (χ4v) is 7.24. The van der Waals surface area contributed by atoms with E-state index in [2.05, 4.69) is 30.6 Å². The zero-order valence-corrected chi connectivity index (χ0v) is 38.0. The van der Waals surface area contributed by atoms with Crippen molar-refractivity contribution in [3.05, 3.63) is 0 Å². The number of esters is 3. The van der Waals surface area contributed by atoms with Gasteiger partial charge >= 0.3 is 17.9 Å². The Hall–Kier alpha value is -1.71. The highest BCUT2D eigenvalue weighted by Gasteiger charge is 2.15. The van der Waals surface area contributed by atoms with Crippen molar-refractivity contribution < 1.29 is 33.7 Å². The zero-order chi connectivity index (χ0) is 41.7. The van der Waals surface area contributed by atoms with E-state index in [0.29, 0.717) is 71.7 Å². The van der Waals surface area contributed by atoms with Crippen LogP contribution in [0.5, 0.6) is 0 Å². The van der Waals surface area contributed by atoms with Crippen molar-refractivity contribution in [3.63, 3.8) is 0 Å². The topological polar surface area (TPSA) is 106 Å². The summed E-state index contributed by atoms with van der Waals surface area (Å²) in [4.78, 5) is 42.2. The largest absolute Gasteiger partial charge is 0.466 e. The molecule has 0 bridgehead atoms. The van der Waals surface area contributed by atoms with Gasteiger partial charge in [0, 0.05) is 32.8 Å². The highest BCUT2D eigenvalue weighted by Crippen LogP contribution is 2.13. The minimum absolute atomic E-state index is 0.105. The van der Waals surface area contributed by atoms with Gasteiger partial charge in [-0.3, -0.25) is 14.4 Å². The number of nitrogens with zero attached hydrogens (tertiary/aromatic N) is 2. The van der Waals surface area contributed by atoms with E-state index < -0.39 is 0 Å². The lowest BCUT2D eigenvalue weighted by Crippen LogP contribution is -2.34. The molecule has 0 aromatic heterocycles. The average molecular weight is 811 g/mol. The van der Waals surface area contributed by atoms with Gasteiger partial charge in [0.2, 0.25) is 0 Å². The van der Waals surface area contributed by atoms with Crippen LogP contribution in [0.3, 0.4) is 0 Å². The van der Waals surface area contributed by atoms with Gasteiger partial charge in [-0.05, 0) is 45.2 Å².